The van der Waals surface area contributed by atoms with Gasteiger partial charge in [0.2, 0.25) is 5.78 Å². The molecule has 1 aliphatic heterocycles. The number of ketones is 1. The van der Waals surface area contributed by atoms with E-state index in [0.717, 1.165) is 0 Å². The largest absolute Gasteiger partial charge is 0.497 e. The van der Waals surface area contributed by atoms with Crippen LogP contribution in [0.3, 0.4) is 0 Å². The normalized spacial score (nSPS) is 13.7. The number of carbonyl (C=O) groups is 1. The third-order valence-corrected chi connectivity index (χ3v) is 5.55. The number of carbonyl (C=O) groups excluding carboxylic acids is 1. The average molecular weight is 455 g/mol. The Labute approximate surface area is 189 Å². The molecule has 4 rings (SSSR count). The van der Waals surface area contributed by atoms with Crippen molar-refractivity contribution in [2.45, 2.75) is 13.5 Å². The molecule has 1 heterocycles. The van der Waals surface area contributed by atoms with Crippen LogP contribution in [0.5, 0.6) is 23.0 Å². The molecule has 0 saturated heterocycles. The van der Waals surface area contributed by atoms with Crippen molar-refractivity contribution in [1.82, 2.24) is 0 Å². The summed E-state index contributed by atoms with van der Waals surface area (Å²) in [4.78, 5) is 12.9. The molecule has 0 bridgehead atoms. The molecule has 5 nitrogen and oxygen atoms in total. The lowest BCUT2D eigenvalue weighted by atomic mass is 10.1. The highest BCUT2D eigenvalue weighted by Gasteiger charge is 2.30. The molecule has 3 aromatic carbocycles. The molecule has 0 unspecified atom stereocenters. The van der Waals surface area contributed by atoms with Gasteiger partial charge in [-0.3, -0.25) is 4.79 Å². The monoisotopic (exact) mass is 454 g/mol. The summed E-state index contributed by atoms with van der Waals surface area (Å²) in [5, 5.41) is 0.286. The van der Waals surface area contributed by atoms with E-state index >= 15 is 0 Å². The number of hydrogen-bond acceptors (Lipinski definition) is 5. The van der Waals surface area contributed by atoms with Gasteiger partial charge < -0.3 is 18.9 Å². The van der Waals surface area contributed by atoms with Gasteiger partial charge in [0.15, 0.2) is 5.76 Å². The van der Waals surface area contributed by atoms with Gasteiger partial charge in [-0.1, -0.05) is 17.7 Å². The Balaban J connectivity index is 1.61. The molecule has 0 aromatic heterocycles. The first kappa shape index (κ1) is 21.7. The molecule has 164 valence electrons. The van der Waals surface area contributed by atoms with Crippen molar-refractivity contribution in [3.63, 3.8) is 0 Å². The minimum absolute atomic E-state index is 0.0508. The second-order valence-electron chi connectivity index (χ2n) is 7.10. The smallest absolute Gasteiger partial charge is 0.231 e. The zero-order valence-corrected chi connectivity index (χ0v) is 18.5. The van der Waals surface area contributed by atoms with Gasteiger partial charge >= 0.3 is 0 Å². The van der Waals surface area contributed by atoms with Crippen LogP contribution in [0, 0.1) is 12.7 Å². The van der Waals surface area contributed by atoms with Gasteiger partial charge in [-0.25, -0.2) is 4.39 Å². The van der Waals surface area contributed by atoms with Crippen molar-refractivity contribution in [2.24, 2.45) is 0 Å². The van der Waals surface area contributed by atoms with Crippen LogP contribution in [0.4, 0.5) is 4.39 Å². The highest BCUT2D eigenvalue weighted by Crippen LogP contribution is 2.40. The number of methoxy groups -OCH3 is 2. The van der Waals surface area contributed by atoms with Gasteiger partial charge in [0, 0.05) is 22.8 Å². The maximum atomic E-state index is 14.0. The maximum Gasteiger partial charge on any atom is 0.231 e. The van der Waals surface area contributed by atoms with Crippen LogP contribution in [0.1, 0.15) is 27.0 Å². The summed E-state index contributed by atoms with van der Waals surface area (Å²) in [6.07, 6.45) is 1.62. The molecule has 3 aromatic rings. The summed E-state index contributed by atoms with van der Waals surface area (Å²) in [6.45, 7) is 1.73. The highest BCUT2D eigenvalue weighted by atomic mass is 35.5. The number of benzene rings is 3. The molecular weight excluding hydrogens is 435 g/mol. The maximum absolute atomic E-state index is 14.0. The molecule has 0 radical (unpaired) electrons. The Morgan fingerprint density at radius 2 is 1.88 bits per heavy atom. The third-order valence-electron chi connectivity index (χ3n) is 5.20. The molecule has 0 N–H and O–H groups in total. The Hall–Kier alpha value is -3.51. The Morgan fingerprint density at radius 1 is 1.06 bits per heavy atom. The average Bonchev–Trinajstić information content (AvgIpc) is 3.11. The van der Waals surface area contributed by atoms with E-state index in [-0.39, 0.29) is 28.7 Å². The number of rotatable bonds is 6. The van der Waals surface area contributed by atoms with E-state index in [4.69, 9.17) is 30.5 Å². The molecule has 0 amide bonds. The number of Topliss-reactive ketones (excluding diaryl/α,β-unsaturated/α-hetero) is 1. The number of fused-ring (bicyclic) bond motifs is 1. The van der Waals surface area contributed by atoms with Crippen molar-refractivity contribution >= 4 is 23.5 Å². The number of hydrogen-bond donors (Lipinski definition) is 0. The minimum Gasteiger partial charge on any atom is -0.497 e. The topological polar surface area (TPSA) is 54.0 Å². The molecule has 0 atom stereocenters. The summed E-state index contributed by atoms with van der Waals surface area (Å²) >= 11 is 6.07. The SMILES string of the molecule is COc1ccc(/C=C2\Oc3c(ccc(OCc4c(F)cccc4Cl)c3C)C2=O)c(OC)c1. The van der Waals surface area contributed by atoms with Gasteiger partial charge in [-0.05, 0) is 49.4 Å². The summed E-state index contributed by atoms with van der Waals surface area (Å²) in [6, 6.07) is 13.0. The lowest BCUT2D eigenvalue weighted by molar-refractivity contribution is 0.101. The van der Waals surface area contributed by atoms with Gasteiger partial charge in [-0.15, -0.1) is 0 Å². The van der Waals surface area contributed by atoms with Crippen LogP contribution >= 0.6 is 11.6 Å². The van der Waals surface area contributed by atoms with E-state index in [0.29, 0.717) is 39.7 Å². The van der Waals surface area contributed by atoms with Crippen LogP contribution in [0.2, 0.25) is 5.02 Å². The van der Waals surface area contributed by atoms with Crippen molar-refractivity contribution in [3.8, 4) is 23.0 Å². The van der Waals surface area contributed by atoms with Gasteiger partial charge in [0.1, 0.15) is 35.4 Å². The highest BCUT2D eigenvalue weighted by molar-refractivity contribution is 6.31. The number of allylic oxidation sites excluding steroid dienone is 1. The van der Waals surface area contributed by atoms with E-state index in [1.807, 2.05) is 0 Å². The number of ether oxygens (including phenoxy) is 4. The zero-order chi connectivity index (χ0) is 22.8. The van der Waals surface area contributed by atoms with Gasteiger partial charge in [-0.2, -0.15) is 0 Å². The molecule has 0 aliphatic carbocycles. The number of halogens is 2. The predicted molar refractivity (Wildman–Crippen MR) is 119 cm³/mol. The Morgan fingerprint density at radius 3 is 2.59 bits per heavy atom. The molecule has 0 fully saturated rings. The van der Waals surface area contributed by atoms with Crippen LogP contribution in [0.15, 0.2) is 54.3 Å². The van der Waals surface area contributed by atoms with E-state index in [9.17, 15) is 9.18 Å². The molecule has 0 saturated carbocycles. The second kappa shape index (κ2) is 8.93. The summed E-state index contributed by atoms with van der Waals surface area (Å²) < 4.78 is 36.3. The Bertz CT molecular complexity index is 1210. The van der Waals surface area contributed by atoms with Crippen molar-refractivity contribution < 1.29 is 28.1 Å². The lowest BCUT2D eigenvalue weighted by Crippen LogP contribution is -2.01. The molecular formula is C25H20ClFO5. The fourth-order valence-corrected chi connectivity index (χ4v) is 3.64. The van der Waals surface area contributed by atoms with Gasteiger partial charge in [0.25, 0.3) is 0 Å². The molecule has 1 aliphatic rings. The summed E-state index contributed by atoms with van der Waals surface area (Å²) in [7, 11) is 3.11. The van der Waals surface area contributed by atoms with Crippen LogP contribution in [-0.4, -0.2) is 20.0 Å². The first-order valence-corrected chi connectivity index (χ1v) is 10.2. The van der Waals surface area contributed by atoms with E-state index in [1.54, 1.807) is 63.6 Å². The van der Waals surface area contributed by atoms with Crippen LogP contribution < -0.4 is 18.9 Å². The van der Waals surface area contributed by atoms with Crippen molar-refractivity contribution in [2.75, 3.05) is 14.2 Å². The summed E-state index contributed by atoms with van der Waals surface area (Å²) in [5.74, 6) is 1.54. The van der Waals surface area contributed by atoms with Gasteiger partial charge in [0.05, 0.1) is 24.8 Å². The minimum atomic E-state index is -0.443. The van der Waals surface area contributed by atoms with E-state index < -0.39 is 5.82 Å². The fourth-order valence-electron chi connectivity index (χ4n) is 3.42. The fraction of sp³-hybridized carbons (Fsp3) is 0.160. The quantitative estimate of drug-likeness (QED) is 0.427. The predicted octanol–water partition coefficient (Wildman–Crippen LogP) is 6.00. The molecule has 32 heavy (non-hydrogen) atoms. The first-order valence-electron chi connectivity index (χ1n) is 9.78. The van der Waals surface area contributed by atoms with E-state index in [2.05, 4.69) is 0 Å². The Kier molecular flexibility index (Phi) is 6.06. The van der Waals surface area contributed by atoms with E-state index in [1.165, 1.54) is 12.1 Å². The molecule has 0 spiro atoms. The standard InChI is InChI=1S/C25H20ClFO5/c1-14-21(31-13-18-19(26)5-4-6-20(18)27)10-9-17-24(28)23(32-25(14)17)11-15-7-8-16(29-2)12-22(15)30-3/h4-12H,13H2,1-3H3/b23-11-. The first-order chi connectivity index (χ1) is 15.4. The van der Waals surface area contributed by atoms with Crippen LogP contribution in [0.25, 0.3) is 6.08 Å². The lowest BCUT2D eigenvalue weighted by Gasteiger charge is -2.12. The molecule has 7 heteroatoms. The summed E-state index contributed by atoms with van der Waals surface area (Å²) in [5.41, 5.74) is 2.00. The van der Waals surface area contributed by atoms with Crippen molar-refractivity contribution in [1.29, 1.82) is 0 Å². The van der Waals surface area contributed by atoms with Crippen molar-refractivity contribution in [3.05, 3.63) is 87.4 Å². The second-order valence-corrected chi connectivity index (χ2v) is 7.51. The van der Waals surface area contributed by atoms with Crippen LogP contribution in [-0.2, 0) is 6.61 Å². The zero-order valence-electron chi connectivity index (χ0n) is 17.7. The third kappa shape index (κ3) is 4.01.